The molecule has 0 aromatic carbocycles. The summed E-state index contributed by atoms with van der Waals surface area (Å²) in [7, 11) is 0. The van der Waals surface area contributed by atoms with E-state index in [0.717, 1.165) is 45.3 Å². The van der Waals surface area contributed by atoms with E-state index in [1.165, 1.54) is 30.4 Å². The summed E-state index contributed by atoms with van der Waals surface area (Å²) >= 11 is 0. The van der Waals surface area contributed by atoms with Gasteiger partial charge in [0, 0.05) is 37.8 Å². The van der Waals surface area contributed by atoms with Crippen LogP contribution in [0.3, 0.4) is 0 Å². The van der Waals surface area contributed by atoms with Crippen molar-refractivity contribution in [3.63, 3.8) is 0 Å². The molecule has 3 unspecified atom stereocenters. The minimum atomic E-state index is -1.26. The van der Waals surface area contributed by atoms with Crippen molar-refractivity contribution in [3.05, 3.63) is 35.5 Å². The van der Waals surface area contributed by atoms with E-state index in [2.05, 4.69) is 43.6 Å². The zero-order chi connectivity index (χ0) is 24.4. The zero-order valence-corrected chi connectivity index (χ0v) is 20.3. The fraction of sp³-hybridized carbons (Fsp3) is 0.692. The summed E-state index contributed by atoms with van der Waals surface area (Å²) < 4.78 is 15.3. The molecule has 4 fully saturated rings. The summed E-state index contributed by atoms with van der Waals surface area (Å²) in [6, 6.07) is 0.114. The van der Waals surface area contributed by atoms with Gasteiger partial charge in [0.25, 0.3) is 0 Å². The van der Waals surface area contributed by atoms with Gasteiger partial charge in [0.1, 0.15) is 5.67 Å². The highest BCUT2D eigenvalue weighted by Crippen LogP contribution is 2.57. The van der Waals surface area contributed by atoms with Gasteiger partial charge in [0.15, 0.2) is 0 Å². The lowest BCUT2D eigenvalue weighted by molar-refractivity contribution is -0.134. The number of hydrogen-bond donors (Lipinski definition) is 4. The van der Waals surface area contributed by atoms with E-state index in [4.69, 9.17) is 10.2 Å². The Kier molecular flexibility index (Phi) is 10.8. The van der Waals surface area contributed by atoms with Crippen LogP contribution in [-0.2, 0) is 9.59 Å². The third kappa shape index (κ3) is 9.41. The molecule has 0 radical (unpaired) electrons. The van der Waals surface area contributed by atoms with Gasteiger partial charge in [-0.3, -0.25) is 0 Å². The number of allylic oxidation sites excluding steroid dienone is 3. The van der Waals surface area contributed by atoms with Crippen LogP contribution in [0, 0.1) is 17.8 Å². The molecule has 0 aromatic heterocycles. The highest BCUT2D eigenvalue weighted by Gasteiger charge is 2.57. The molecule has 0 heterocycles. The van der Waals surface area contributed by atoms with Gasteiger partial charge in [-0.2, -0.15) is 0 Å². The van der Waals surface area contributed by atoms with Crippen LogP contribution in [0.25, 0.3) is 0 Å². The fourth-order valence-corrected chi connectivity index (χ4v) is 5.79. The Morgan fingerprint density at radius 1 is 0.970 bits per heavy atom. The van der Waals surface area contributed by atoms with Gasteiger partial charge >= 0.3 is 11.9 Å². The molecule has 4 aliphatic carbocycles. The minimum Gasteiger partial charge on any atom is -0.478 e. The van der Waals surface area contributed by atoms with Gasteiger partial charge in [-0.25, -0.2) is 14.0 Å². The Morgan fingerprint density at radius 3 is 2.09 bits per heavy atom. The molecule has 0 saturated heterocycles. The van der Waals surface area contributed by atoms with E-state index in [9.17, 15) is 9.59 Å². The molecular formula is C26H41FN2O4. The number of carbonyl (C=O) groups is 2. The van der Waals surface area contributed by atoms with Crippen LogP contribution in [0.15, 0.2) is 35.5 Å². The number of alkyl halides is 1. The number of nitrogens with one attached hydrogen (secondary N) is 2. The molecule has 4 aliphatic rings. The topological polar surface area (TPSA) is 98.7 Å². The summed E-state index contributed by atoms with van der Waals surface area (Å²) in [6.45, 7) is 9.23. The second kappa shape index (κ2) is 13.0. The smallest absolute Gasteiger partial charge is 0.328 e. The predicted molar refractivity (Wildman–Crippen MR) is 129 cm³/mol. The van der Waals surface area contributed by atoms with E-state index >= 15 is 4.39 Å². The largest absolute Gasteiger partial charge is 0.478 e. The number of aliphatic carboxylic acids is 2. The van der Waals surface area contributed by atoms with Crippen molar-refractivity contribution in [2.75, 3.05) is 19.6 Å². The molecule has 186 valence electrons. The summed E-state index contributed by atoms with van der Waals surface area (Å²) in [4.78, 5) is 19.1. The molecule has 4 saturated carbocycles. The molecule has 0 spiro atoms. The van der Waals surface area contributed by atoms with E-state index in [1.807, 2.05) is 0 Å². The lowest BCUT2D eigenvalue weighted by Crippen LogP contribution is -2.63. The molecule has 6 nitrogen and oxygen atoms in total. The molecular weight excluding hydrogens is 423 g/mol. The van der Waals surface area contributed by atoms with Gasteiger partial charge in [-0.15, -0.1) is 0 Å². The maximum atomic E-state index is 15.3. The first kappa shape index (κ1) is 27.3. The average Bonchev–Trinajstić information content (AvgIpc) is 2.70. The third-order valence-corrected chi connectivity index (χ3v) is 6.94. The number of hydrogen-bond acceptors (Lipinski definition) is 4. The third-order valence-electron chi connectivity index (χ3n) is 6.94. The molecule has 0 amide bonds. The van der Waals surface area contributed by atoms with Crippen LogP contribution in [0.5, 0.6) is 0 Å². The Labute approximate surface area is 197 Å². The van der Waals surface area contributed by atoms with Crippen LogP contribution in [-0.4, -0.2) is 53.5 Å². The fourth-order valence-electron chi connectivity index (χ4n) is 5.79. The predicted octanol–water partition coefficient (Wildman–Crippen LogP) is 4.49. The Morgan fingerprint density at radius 2 is 1.58 bits per heavy atom. The van der Waals surface area contributed by atoms with Crippen molar-refractivity contribution >= 4 is 11.9 Å². The first-order chi connectivity index (χ1) is 15.6. The number of carboxylic acid groups (broad SMARTS) is 2. The summed E-state index contributed by atoms with van der Waals surface area (Å²) in [6.07, 6.45) is 13.4. The molecule has 4 N–H and O–H groups in total. The van der Waals surface area contributed by atoms with E-state index < -0.39 is 17.6 Å². The van der Waals surface area contributed by atoms with Crippen LogP contribution in [0.1, 0.15) is 65.7 Å². The first-order valence-corrected chi connectivity index (χ1v) is 12.1. The van der Waals surface area contributed by atoms with E-state index in [-0.39, 0.29) is 6.04 Å². The van der Waals surface area contributed by atoms with Crippen LogP contribution >= 0.6 is 0 Å². The van der Waals surface area contributed by atoms with E-state index in [1.54, 1.807) is 0 Å². The molecule has 4 rings (SSSR count). The summed E-state index contributed by atoms with van der Waals surface area (Å²) in [5.74, 6) is -0.565. The quantitative estimate of drug-likeness (QED) is 0.204. The van der Waals surface area contributed by atoms with Crippen molar-refractivity contribution in [1.29, 1.82) is 0 Å². The molecule has 7 heteroatoms. The standard InChI is InChI=1S/C22H37FN2.C4H4O4/c1-16(2)5-4-6-17(3)7-8-24-9-10-25-21-20-12-18-11-19(13-20)15-22(21,23)14-18;5-3(6)1-2-4(7)8/h5,7,18-21,24-25H,4,6,8-15H2,1-3H3;1-2H,(H,5,6)(H,7,8)/b17-7+;2-1-. The molecule has 0 aromatic rings. The monoisotopic (exact) mass is 464 g/mol. The molecule has 3 atom stereocenters. The van der Waals surface area contributed by atoms with Gasteiger partial charge in [-0.1, -0.05) is 23.3 Å². The maximum absolute atomic E-state index is 15.3. The van der Waals surface area contributed by atoms with Crippen molar-refractivity contribution in [2.24, 2.45) is 17.8 Å². The van der Waals surface area contributed by atoms with E-state index in [0.29, 0.717) is 29.9 Å². The summed E-state index contributed by atoms with van der Waals surface area (Å²) in [5.41, 5.74) is 1.94. The molecule has 0 aliphatic heterocycles. The van der Waals surface area contributed by atoms with Gasteiger partial charge in [-0.05, 0) is 83.5 Å². The van der Waals surface area contributed by atoms with Crippen LogP contribution in [0.2, 0.25) is 0 Å². The molecule has 33 heavy (non-hydrogen) atoms. The van der Waals surface area contributed by atoms with Crippen molar-refractivity contribution in [2.45, 2.75) is 77.4 Å². The minimum absolute atomic E-state index is 0.114. The Hall–Kier alpha value is -1.99. The van der Waals surface area contributed by atoms with Crippen LogP contribution in [0.4, 0.5) is 4.39 Å². The Balaban J connectivity index is 0.000000414. The average molecular weight is 465 g/mol. The number of rotatable bonds is 11. The van der Waals surface area contributed by atoms with Gasteiger partial charge < -0.3 is 20.8 Å². The van der Waals surface area contributed by atoms with Gasteiger partial charge in [0.05, 0.1) is 0 Å². The van der Waals surface area contributed by atoms with Crippen molar-refractivity contribution in [1.82, 2.24) is 10.6 Å². The van der Waals surface area contributed by atoms with Crippen molar-refractivity contribution in [3.8, 4) is 0 Å². The first-order valence-electron chi connectivity index (χ1n) is 12.1. The molecule has 4 bridgehead atoms. The zero-order valence-electron chi connectivity index (χ0n) is 20.3. The normalized spacial score (nSPS) is 30.1. The Bertz CT molecular complexity index is 727. The lowest BCUT2D eigenvalue weighted by atomic mass is 9.53. The summed E-state index contributed by atoms with van der Waals surface area (Å²) in [5, 5.41) is 22.7. The maximum Gasteiger partial charge on any atom is 0.328 e. The highest BCUT2D eigenvalue weighted by molar-refractivity contribution is 5.89. The second-order valence-electron chi connectivity index (χ2n) is 10.2. The number of carboxylic acids is 2. The van der Waals surface area contributed by atoms with Crippen molar-refractivity contribution < 1.29 is 24.2 Å². The van der Waals surface area contributed by atoms with Gasteiger partial charge in [0.2, 0.25) is 0 Å². The number of halogens is 1. The SMILES string of the molecule is CC(C)=CCC/C(C)=C/CNCCNC1C2CC3CC(C2)CC1(F)C3.O=C(O)/C=C\C(=O)O. The second-order valence-corrected chi connectivity index (χ2v) is 10.2. The van der Waals surface area contributed by atoms with Crippen LogP contribution < -0.4 is 10.6 Å². The lowest BCUT2D eigenvalue weighted by Gasteiger charge is -2.57. The highest BCUT2D eigenvalue weighted by atomic mass is 19.1.